The van der Waals surface area contributed by atoms with E-state index in [4.69, 9.17) is 4.84 Å². The lowest BCUT2D eigenvalue weighted by Crippen LogP contribution is -2.50. The summed E-state index contributed by atoms with van der Waals surface area (Å²) < 4.78 is 0. The third-order valence-electron chi connectivity index (χ3n) is 8.44. The van der Waals surface area contributed by atoms with Crippen LogP contribution in [0, 0.1) is 28.6 Å². The molecule has 4 aliphatic rings. The lowest BCUT2D eigenvalue weighted by Gasteiger charge is -2.57. The van der Waals surface area contributed by atoms with E-state index in [1.807, 2.05) is 0 Å². The second-order valence-corrected chi connectivity index (χ2v) is 9.82. The van der Waals surface area contributed by atoms with Gasteiger partial charge in [0.15, 0.2) is 0 Å². The van der Waals surface area contributed by atoms with Crippen LogP contribution in [0.15, 0.2) is 16.8 Å². The van der Waals surface area contributed by atoms with Gasteiger partial charge in [0.1, 0.15) is 12.4 Å². The second-order valence-electron chi connectivity index (χ2n) is 9.82. The van der Waals surface area contributed by atoms with Crippen molar-refractivity contribution in [1.82, 2.24) is 5.32 Å². The molecule has 5 heteroatoms. The fraction of sp³-hybridized carbons (Fsp3) is 0.783. The molecule has 5 atom stereocenters. The quantitative estimate of drug-likeness (QED) is 0.586. The molecule has 1 amide bonds. The fourth-order valence-electron chi connectivity index (χ4n) is 6.82. The minimum Gasteiger partial charge on any atom is -0.394 e. The molecule has 3 fully saturated rings. The molecular formula is C23H34N2O3. The average Bonchev–Trinajstić information content (AvgIpc) is 2.96. The molecule has 0 radical (unpaired) electrons. The number of nitrogens with one attached hydrogen (secondary N) is 1. The maximum atomic E-state index is 12.5. The normalized spacial score (nSPS) is 41.0. The summed E-state index contributed by atoms with van der Waals surface area (Å²) in [6.45, 7) is 7.11. The van der Waals surface area contributed by atoms with Crippen molar-refractivity contribution in [2.45, 2.75) is 72.1 Å². The first kappa shape index (κ1) is 19.7. The zero-order valence-electron chi connectivity index (χ0n) is 17.6. The minimum absolute atomic E-state index is 0.0399. The number of carbonyl (C=O) groups excluding carboxylic acids is 2. The summed E-state index contributed by atoms with van der Waals surface area (Å²) in [6.07, 6.45) is 10.9. The molecule has 154 valence electrons. The Balaban J connectivity index is 1.45. The fourth-order valence-corrected chi connectivity index (χ4v) is 6.82. The maximum Gasteiger partial charge on any atom is 0.216 e. The van der Waals surface area contributed by atoms with E-state index in [1.54, 1.807) is 0 Å². The van der Waals surface area contributed by atoms with Crippen LogP contribution >= 0.6 is 0 Å². The summed E-state index contributed by atoms with van der Waals surface area (Å²) in [4.78, 5) is 28.8. The highest BCUT2D eigenvalue weighted by molar-refractivity contribution is 5.96. The van der Waals surface area contributed by atoms with Gasteiger partial charge in [0.25, 0.3) is 0 Å². The lowest BCUT2D eigenvalue weighted by atomic mass is 9.47. The number of ketones is 1. The van der Waals surface area contributed by atoms with Crippen LogP contribution in [0.5, 0.6) is 0 Å². The number of fused-ring (bicyclic) bond motifs is 5. The van der Waals surface area contributed by atoms with Crippen LogP contribution in [-0.4, -0.2) is 30.6 Å². The monoisotopic (exact) mass is 386 g/mol. The Labute approximate surface area is 168 Å². The van der Waals surface area contributed by atoms with E-state index in [0.717, 1.165) is 44.2 Å². The van der Waals surface area contributed by atoms with Crippen LogP contribution in [-0.2, 0) is 14.4 Å². The van der Waals surface area contributed by atoms with Gasteiger partial charge in [-0.05, 0) is 74.2 Å². The number of carbonyl (C=O) groups is 2. The maximum absolute atomic E-state index is 12.5. The average molecular weight is 387 g/mol. The number of hydrogen-bond acceptors (Lipinski definition) is 4. The Morgan fingerprint density at radius 3 is 2.71 bits per heavy atom. The predicted molar refractivity (Wildman–Crippen MR) is 109 cm³/mol. The highest BCUT2D eigenvalue weighted by Gasteiger charge is 2.58. The summed E-state index contributed by atoms with van der Waals surface area (Å²) in [5.74, 6) is 2.50. The van der Waals surface area contributed by atoms with E-state index in [2.05, 4.69) is 30.4 Å². The third-order valence-corrected chi connectivity index (χ3v) is 8.44. The van der Waals surface area contributed by atoms with Gasteiger partial charge in [-0.1, -0.05) is 24.6 Å². The number of hydrogen-bond donors (Lipinski definition) is 1. The van der Waals surface area contributed by atoms with Crippen LogP contribution in [0.2, 0.25) is 0 Å². The molecule has 5 nitrogen and oxygen atoms in total. The Hall–Kier alpha value is -1.65. The van der Waals surface area contributed by atoms with Gasteiger partial charge >= 0.3 is 0 Å². The number of Topliss-reactive ketones (excluding diaryl/α,β-unsaturated/α-hetero) is 1. The zero-order valence-corrected chi connectivity index (χ0v) is 17.6. The number of nitrogens with zero attached hydrogens (tertiary/aromatic N) is 1. The SMILES string of the molecule is CC(=O)NCCO/N=C1/C=C2CCC3C(CC[C@]4(C)C(=O)CCC34)[C@@]2(C)CC1. The van der Waals surface area contributed by atoms with Crippen LogP contribution in [0.25, 0.3) is 0 Å². The van der Waals surface area contributed by atoms with Crippen molar-refractivity contribution in [2.24, 2.45) is 33.7 Å². The number of rotatable bonds is 4. The molecule has 3 unspecified atom stereocenters. The molecule has 0 bridgehead atoms. The molecule has 3 saturated carbocycles. The van der Waals surface area contributed by atoms with Gasteiger partial charge in [-0.3, -0.25) is 9.59 Å². The van der Waals surface area contributed by atoms with E-state index in [1.165, 1.54) is 25.3 Å². The molecule has 0 spiro atoms. The summed E-state index contributed by atoms with van der Waals surface area (Å²) in [5, 5.41) is 7.04. The first-order chi connectivity index (χ1) is 13.3. The van der Waals surface area contributed by atoms with Gasteiger partial charge < -0.3 is 10.2 Å². The van der Waals surface area contributed by atoms with Crippen molar-refractivity contribution in [3.05, 3.63) is 11.6 Å². The van der Waals surface area contributed by atoms with Gasteiger partial charge in [-0.25, -0.2) is 0 Å². The van der Waals surface area contributed by atoms with E-state index >= 15 is 0 Å². The highest BCUT2D eigenvalue weighted by Crippen LogP contribution is 2.64. The van der Waals surface area contributed by atoms with Gasteiger partial charge in [0, 0.05) is 18.8 Å². The lowest BCUT2D eigenvalue weighted by molar-refractivity contribution is -0.132. The number of oxime groups is 1. The number of amides is 1. The van der Waals surface area contributed by atoms with Crippen LogP contribution in [0.1, 0.15) is 72.1 Å². The first-order valence-electron chi connectivity index (χ1n) is 11.0. The third kappa shape index (κ3) is 3.21. The van der Waals surface area contributed by atoms with Gasteiger partial charge in [-0.15, -0.1) is 0 Å². The van der Waals surface area contributed by atoms with Crippen LogP contribution in [0.4, 0.5) is 0 Å². The van der Waals surface area contributed by atoms with Crippen molar-refractivity contribution in [3.63, 3.8) is 0 Å². The Morgan fingerprint density at radius 1 is 1.14 bits per heavy atom. The summed E-state index contributed by atoms with van der Waals surface area (Å²) >= 11 is 0. The van der Waals surface area contributed by atoms with E-state index in [9.17, 15) is 9.59 Å². The van der Waals surface area contributed by atoms with Crippen LogP contribution in [0.3, 0.4) is 0 Å². The summed E-state index contributed by atoms with van der Waals surface area (Å²) in [7, 11) is 0. The van der Waals surface area contributed by atoms with Crippen molar-refractivity contribution in [2.75, 3.05) is 13.2 Å². The second kappa shape index (κ2) is 7.31. The standard InChI is InChI=1S/C23H34N2O3/c1-15(26)24-12-13-28-25-17-8-10-22(2)16(14-17)4-5-18-19-6-7-21(27)23(19,3)11-9-20(18)22/h14,18-20H,4-13H2,1-3H3,(H,24,26)/b25-17+/t18?,19?,20?,22-,23-/m0/s1. The smallest absolute Gasteiger partial charge is 0.216 e. The largest absolute Gasteiger partial charge is 0.394 e. The van der Waals surface area contributed by atoms with Crippen molar-refractivity contribution in [1.29, 1.82) is 0 Å². The molecule has 0 aromatic heterocycles. The molecule has 0 aromatic rings. The van der Waals surface area contributed by atoms with Gasteiger partial charge in [0.05, 0.1) is 12.3 Å². The molecule has 0 aromatic carbocycles. The molecule has 0 heterocycles. The van der Waals surface area contributed by atoms with Crippen LogP contribution < -0.4 is 5.32 Å². The molecule has 4 aliphatic carbocycles. The van der Waals surface area contributed by atoms with E-state index in [-0.39, 0.29) is 16.7 Å². The first-order valence-corrected chi connectivity index (χ1v) is 11.0. The Bertz CT molecular complexity index is 727. The highest BCUT2D eigenvalue weighted by atomic mass is 16.6. The molecular weight excluding hydrogens is 352 g/mol. The molecule has 0 aliphatic heterocycles. The molecule has 28 heavy (non-hydrogen) atoms. The van der Waals surface area contributed by atoms with Gasteiger partial charge in [-0.2, -0.15) is 0 Å². The zero-order chi connectivity index (χ0) is 19.9. The van der Waals surface area contributed by atoms with Crippen molar-refractivity contribution in [3.8, 4) is 0 Å². The van der Waals surface area contributed by atoms with Gasteiger partial charge in [0.2, 0.25) is 5.91 Å². The molecule has 1 N–H and O–H groups in total. The predicted octanol–water partition coefficient (Wildman–Crippen LogP) is 4.03. The Morgan fingerprint density at radius 2 is 1.93 bits per heavy atom. The Kier molecular flexibility index (Phi) is 5.13. The topological polar surface area (TPSA) is 67.8 Å². The summed E-state index contributed by atoms with van der Waals surface area (Å²) in [5.41, 5.74) is 2.79. The minimum atomic E-state index is -0.0453. The van der Waals surface area contributed by atoms with Crippen molar-refractivity contribution >= 4 is 17.4 Å². The van der Waals surface area contributed by atoms with E-state index in [0.29, 0.717) is 36.7 Å². The molecule has 0 saturated heterocycles. The molecule has 4 rings (SSSR count). The number of allylic oxidation sites excluding steroid dienone is 2. The van der Waals surface area contributed by atoms with E-state index < -0.39 is 0 Å². The summed E-state index contributed by atoms with van der Waals surface area (Å²) in [6, 6.07) is 0. The van der Waals surface area contributed by atoms with Crippen molar-refractivity contribution < 1.29 is 14.4 Å².